The second kappa shape index (κ2) is 6.45. The Labute approximate surface area is 115 Å². The summed E-state index contributed by atoms with van der Waals surface area (Å²) < 4.78 is 2.24. The lowest BCUT2D eigenvalue weighted by Gasteiger charge is -2.09. The first-order valence-electron chi connectivity index (χ1n) is 6.93. The highest BCUT2D eigenvalue weighted by molar-refractivity contribution is 5.83. The van der Waals surface area contributed by atoms with Gasteiger partial charge in [-0.2, -0.15) is 0 Å². The molecule has 0 amide bonds. The van der Waals surface area contributed by atoms with Crippen molar-refractivity contribution < 1.29 is 0 Å². The minimum atomic E-state index is 0.680. The van der Waals surface area contributed by atoms with Crippen molar-refractivity contribution >= 4 is 10.9 Å². The quantitative estimate of drug-likeness (QED) is 0.782. The van der Waals surface area contributed by atoms with Gasteiger partial charge in [0, 0.05) is 36.6 Å². The van der Waals surface area contributed by atoms with Crippen molar-refractivity contribution in [1.29, 1.82) is 0 Å². The van der Waals surface area contributed by atoms with Gasteiger partial charge in [0.15, 0.2) is 0 Å². The molecule has 2 heteroatoms. The van der Waals surface area contributed by atoms with Gasteiger partial charge in [0.1, 0.15) is 0 Å². The molecular weight excluding hydrogens is 232 g/mol. The highest BCUT2D eigenvalue weighted by Crippen LogP contribution is 2.20. The molecule has 2 rings (SSSR count). The van der Waals surface area contributed by atoms with Crippen molar-refractivity contribution in [2.45, 2.75) is 33.4 Å². The van der Waals surface area contributed by atoms with Crippen molar-refractivity contribution in [3.8, 4) is 12.3 Å². The topological polar surface area (TPSA) is 17.0 Å². The van der Waals surface area contributed by atoms with E-state index in [0.717, 1.165) is 26.1 Å². The molecule has 1 heterocycles. The van der Waals surface area contributed by atoms with E-state index in [2.05, 4.69) is 60.1 Å². The monoisotopic (exact) mass is 254 g/mol. The highest BCUT2D eigenvalue weighted by atomic mass is 14.9. The number of hydrogen-bond acceptors (Lipinski definition) is 1. The average Bonchev–Trinajstić information content (AvgIpc) is 2.80. The molecule has 1 aromatic heterocycles. The largest absolute Gasteiger partial charge is 0.347 e. The van der Waals surface area contributed by atoms with E-state index in [1.165, 1.54) is 16.5 Å². The van der Waals surface area contributed by atoms with E-state index in [1.807, 2.05) is 0 Å². The summed E-state index contributed by atoms with van der Waals surface area (Å²) in [5.41, 5.74) is 2.64. The molecule has 0 unspecified atom stereocenters. The van der Waals surface area contributed by atoms with Crippen LogP contribution in [0.2, 0.25) is 0 Å². The number of nitrogens with one attached hydrogen (secondary N) is 1. The molecule has 0 spiro atoms. The number of nitrogens with zero attached hydrogens (tertiary/aromatic N) is 1. The van der Waals surface area contributed by atoms with Crippen LogP contribution in [-0.2, 0) is 13.1 Å². The first-order valence-corrected chi connectivity index (χ1v) is 6.93. The maximum Gasteiger partial charge on any atom is 0.0483 e. The van der Waals surface area contributed by atoms with Crippen molar-refractivity contribution in [3.63, 3.8) is 0 Å². The normalized spacial score (nSPS) is 11.1. The van der Waals surface area contributed by atoms with Gasteiger partial charge in [0.05, 0.1) is 0 Å². The zero-order valence-corrected chi connectivity index (χ0v) is 11.8. The van der Waals surface area contributed by atoms with E-state index >= 15 is 0 Å². The van der Waals surface area contributed by atoms with E-state index in [9.17, 15) is 0 Å². The van der Waals surface area contributed by atoms with Gasteiger partial charge < -0.3 is 9.88 Å². The molecule has 0 atom stereocenters. The Morgan fingerprint density at radius 3 is 2.89 bits per heavy atom. The van der Waals surface area contributed by atoms with Crippen LogP contribution in [0.3, 0.4) is 0 Å². The van der Waals surface area contributed by atoms with Gasteiger partial charge in [-0.1, -0.05) is 26.0 Å². The predicted octanol–water partition coefficient (Wildman–Crippen LogP) is 3.41. The molecule has 19 heavy (non-hydrogen) atoms. The summed E-state index contributed by atoms with van der Waals surface area (Å²) in [7, 11) is 0. The molecule has 2 nitrogen and oxygen atoms in total. The molecular formula is C17H22N2. The fourth-order valence-electron chi connectivity index (χ4n) is 2.32. The van der Waals surface area contributed by atoms with Crippen LogP contribution in [0.4, 0.5) is 0 Å². The van der Waals surface area contributed by atoms with Crippen LogP contribution >= 0.6 is 0 Å². The SMILES string of the molecule is C#CCCn1ccc2c(CNCC(C)C)cccc21. The number of benzene rings is 1. The molecule has 0 saturated carbocycles. The minimum absolute atomic E-state index is 0.680. The van der Waals surface area contributed by atoms with Crippen LogP contribution in [0.15, 0.2) is 30.5 Å². The summed E-state index contributed by atoms with van der Waals surface area (Å²) in [5, 5.41) is 4.83. The molecule has 0 aliphatic heterocycles. The van der Waals surface area contributed by atoms with Crippen molar-refractivity contribution in [2.24, 2.45) is 5.92 Å². The number of aryl methyl sites for hydroxylation is 1. The first kappa shape index (κ1) is 13.7. The van der Waals surface area contributed by atoms with Gasteiger partial charge in [-0.3, -0.25) is 0 Å². The van der Waals surface area contributed by atoms with E-state index in [0.29, 0.717) is 5.92 Å². The van der Waals surface area contributed by atoms with Gasteiger partial charge in [0.2, 0.25) is 0 Å². The second-order valence-corrected chi connectivity index (χ2v) is 5.34. The van der Waals surface area contributed by atoms with Gasteiger partial charge in [-0.15, -0.1) is 12.3 Å². The Bertz CT molecular complexity index is 572. The fourth-order valence-corrected chi connectivity index (χ4v) is 2.32. The maximum atomic E-state index is 5.34. The van der Waals surface area contributed by atoms with Crippen molar-refractivity contribution in [1.82, 2.24) is 9.88 Å². The minimum Gasteiger partial charge on any atom is -0.347 e. The third kappa shape index (κ3) is 3.39. The standard InChI is InChI=1S/C17H22N2/c1-4-5-10-19-11-9-16-15(7-6-8-17(16)19)13-18-12-14(2)3/h1,6-9,11,14,18H,5,10,12-13H2,2-3H3. The Morgan fingerprint density at radius 2 is 2.16 bits per heavy atom. The molecule has 100 valence electrons. The number of terminal acetylenes is 1. The Morgan fingerprint density at radius 1 is 1.32 bits per heavy atom. The number of aromatic nitrogens is 1. The van der Waals surface area contributed by atoms with Crippen LogP contribution in [0, 0.1) is 18.3 Å². The molecule has 1 N–H and O–H groups in total. The zero-order valence-electron chi connectivity index (χ0n) is 11.8. The lowest BCUT2D eigenvalue weighted by Crippen LogP contribution is -2.19. The molecule has 0 radical (unpaired) electrons. The fraction of sp³-hybridized carbons (Fsp3) is 0.412. The molecule has 0 aliphatic carbocycles. The average molecular weight is 254 g/mol. The molecule has 0 fully saturated rings. The predicted molar refractivity (Wildman–Crippen MR) is 81.9 cm³/mol. The van der Waals surface area contributed by atoms with Gasteiger partial charge in [-0.25, -0.2) is 0 Å². The summed E-state index contributed by atoms with van der Waals surface area (Å²) >= 11 is 0. The van der Waals surface area contributed by atoms with Crippen LogP contribution in [0.5, 0.6) is 0 Å². The maximum absolute atomic E-state index is 5.34. The summed E-state index contributed by atoms with van der Waals surface area (Å²) in [6.45, 7) is 7.32. The highest BCUT2D eigenvalue weighted by Gasteiger charge is 2.05. The first-order chi connectivity index (χ1) is 9.22. The lowest BCUT2D eigenvalue weighted by atomic mass is 10.1. The van der Waals surface area contributed by atoms with Crippen LogP contribution in [0.1, 0.15) is 25.8 Å². The van der Waals surface area contributed by atoms with Crippen LogP contribution < -0.4 is 5.32 Å². The molecule has 2 aromatic rings. The Hall–Kier alpha value is -1.72. The molecule has 0 bridgehead atoms. The summed E-state index contributed by atoms with van der Waals surface area (Å²) in [6, 6.07) is 8.68. The molecule has 0 saturated heterocycles. The number of rotatable bonds is 6. The summed E-state index contributed by atoms with van der Waals surface area (Å²) in [5.74, 6) is 3.38. The van der Waals surface area contributed by atoms with Gasteiger partial charge in [0.25, 0.3) is 0 Å². The van der Waals surface area contributed by atoms with E-state index in [1.54, 1.807) is 0 Å². The zero-order chi connectivity index (χ0) is 13.7. The summed E-state index contributed by atoms with van der Waals surface area (Å²) in [4.78, 5) is 0. The second-order valence-electron chi connectivity index (χ2n) is 5.34. The van der Waals surface area contributed by atoms with Crippen LogP contribution in [-0.4, -0.2) is 11.1 Å². The number of fused-ring (bicyclic) bond motifs is 1. The Kier molecular flexibility index (Phi) is 4.65. The third-order valence-corrected chi connectivity index (χ3v) is 3.27. The van der Waals surface area contributed by atoms with Crippen LogP contribution in [0.25, 0.3) is 10.9 Å². The van der Waals surface area contributed by atoms with Crippen molar-refractivity contribution in [2.75, 3.05) is 6.54 Å². The van der Waals surface area contributed by atoms with Gasteiger partial charge >= 0.3 is 0 Å². The van der Waals surface area contributed by atoms with Gasteiger partial charge in [-0.05, 0) is 30.2 Å². The van der Waals surface area contributed by atoms with E-state index in [4.69, 9.17) is 6.42 Å². The van der Waals surface area contributed by atoms with E-state index in [-0.39, 0.29) is 0 Å². The molecule has 1 aromatic carbocycles. The summed E-state index contributed by atoms with van der Waals surface area (Å²) in [6.07, 6.45) is 8.25. The smallest absolute Gasteiger partial charge is 0.0483 e. The van der Waals surface area contributed by atoms with E-state index < -0.39 is 0 Å². The third-order valence-electron chi connectivity index (χ3n) is 3.27. The Balaban J connectivity index is 2.17. The number of hydrogen-bond donors (Lipinski definition) is 1. The lowest BCUT2D eigenvalue weighted by molar-refractivity contribution is 0.553. The molecule has 0 aliphatic rings. The van der Waals surface area contributed by atoms with Crippen molar-refractivity contribution in [3.05, 3.63) is 36.0 Å².